The summed E-state index contributed by atoms with van der Waals surface area (Å²) < 4.78 is 8.94. The molecule has 8 nitrogen and oxygen atoms in total. The molecule has 0 aromatic carbocycles. The third-order valence-electron chi connectivity index (χ3n) is 6.00. The van der Waals surface area contributed by atoms with Crippen LogP contribution in [0.15, 0.2) is 45.0 Å². The van der Waals surface area contributed by atoms with Crippen molar-refractivity contribution in [3.63, 3.8) is 0 Å². The van der Waals surface area contributed by atoms with E-state index in [1.165, 1.54) is 16.6 Å². The van der Waals surface area contributed by atoms with Gasteiger partial charge in [0.25, 0.3) is 5.56 Å². The lowest BCUT2D eigenvalue weighted by atomic mass is 9.97. The predicted molar refractivity (Wildman–Crippen MR) is 135 cm³/mol. The number of fused-ring (bicyclic) bond motifs is 3. The first-order chi connectivity index (χ1) is 16.4. The zero-order valence-corrected chi connectivity index (χ0v) is 21.0. The minimum atomic E-state index is -0.475. The highest BCUT2D eigenvalue weighted by Gasteiger charge is 2.25. The maximum Gasteiger partial charge on any atom is 0.263 e. The summed E-state index contributed by atoms with van der Waals surface area (Å²) in [6.45, 7) is 6.11. The molecule has 1 aliphatic carbocycles. The van der Waals surface area contributed by atoms with Gasteiger partial charge in [0, 0.05) is 17.0 Å². The van der Waals surface area contributed by atoms with E-state index >= 15 is 0 Å². The number of furan rings is 1. The number of hydrogen-bond donors (Lipinski definition) is 1. The molecule has 0 bridgehead atoms. The number of hydrogen-bond acceptors (Lipinski definition) is 7. The number of nitrogens with one attached hydrogen (secondary N) is 1. The number of rotatable bonds is 7. The van der Waals surface area contributed by atoms with E-state index in [1.807, 2.05) is 26.8 Å². The highest BCUT2D eigenvalue weighted by atomic mass is 32.2. The lowest BCUT2D eigenvalue weighted by Gasteiger charge is -2.17. The number of aryl methyl sites for hydroxylation is 2. The van der Waals surface area contributed by atoms with E-state index in [1.54, 1.807) is 45.2 Å². The molecule has 1 N–H and O–H groups in total. The van der Waals surface area contributed by atoms with Gasteiger partial charge in [0.1, 0.15) is 16.4 Å². The molecule has 0 aliphatic heterocycles. The Morgan fingerprint density at radius 1 is 1.26 bits per heavy atom. The van der Waals surface area contributed by atoms with E-state index in [9.17, 15) is 9.59 Å². The summed E-state index contributed by atoms with van der Waals surface area (Å²) in [6, 6.07) is 5.56. The molecular weight excluding hydrogens is 470 g/mol. The second-order valence-corrected chi connectivity index (χ2v) is 11.2. The number of nitrogens with zero attached hydrogens (tertiary/aromatic N) is 4. The topological polar surface area (TPSA) is 94.9 Å². The standard InChI is InChI=1S/C24H27N5O3S2/c1-14(2)29-19(10-11-25-29)26-21(30)15(3)33-24-27-22-20(17-8-4-5-9-18(17)34-22)23(31)28(24)13-16-7-6-12-32-16/h6-7,10-12,14-15H,4-5,8-9,13H2,1-3H3,(H,26,30). The van der Waals surface area contributed by atoms with Crippen molar-refractivity contribution < 1.29 is 9.21 Å². The van der Waals surface area contributed by atoms with Crippen LogP contribution < -0.4 is 10.9 Å². The molecule has 0 spiro atoms. The lowest BCUT2D eigenvalue weighted by molar-refractivity contribution is -0.115. The highest BCUT2D eigenvalue weighted by Crippen LogP contribution is 2.35. The first kappa shape index (κ1) is 22.9. The van der Waals surface area contributed by atoms with Crippen LogP contribution in [0.5, 0.6) is 0 Å². The van der Waals surface area contributed by atoms with Gasteiger partial charge in [-0.3, -0.25) is 14.2 Å². The SMILES string of the molecule is CC(Sc1nc2sc3c(c2c(=O)n1Cc1ccco1)CCCC3)C(=O)Nc1ccnn1C(C)C. The van der Waals surface area contributed by atoms with E-state index < -0.39 is 5.25 Å². The first-order valence-electron chi connectivity index (χ1n) is 11.5. The van der Waals surface area contributed by atoms with Gasteiger partial charge in [-0.05, 0) is 64.2 Å². The number of anilines is 1. The Balaban J connectivity index is 1.49. The van der Waals surface area contributed by atoms with E-state index in [0.717, 1.165) is 41.5 Å². The van der Waals surface area contributed by atoms with Crippen LogP contribution in [-0.4, -0.2) is 30.5 Å². The maximum absolute atomic E-state index is 13.7. The fourth-order valence-electron chi connectivity index (χ4n) is 4.27. The van der Waals surface area contributed by atoms with E-state index in [-0.39, 0.29) is 24.1 Å². The smallest absolute Gasteiger partial charge is 0.263 e. The highest BCUT2D eigenvalue weighted by molar-refractivity contribution is 8.00. The Labute approximate surface area is 205 Å². The van der Waals surface area contributed by atoms with Crippen molar-refractivity contribution in [3.05, 3.63) is 57.2 Å². The molecule has 0 saturated heterocycles. The number of aromatic nitrogens is 4. The molecule has 34 heavy (non-hydrogen) atoms. The Morgan fingerprint density at radius 2 is 2.09 bits per heavy atom. The molecule has 0 fully saturated rings. The third kappa shape index (κ3) is 4.32. The Bertz CT molecular complexity index is 1380. The Hall–Kier alpha value is -2.85. The van der Waals surface area contributed by atoms with Crippen molar-refractivity contribution in [2.24, 2.45) is 0 Å². The van der Waals surface area contributed by atoms with Crippen LogP contribution in [-0.2, 0) is 24.2 Å². The Kier molecular flexibility index (Phi) is 6.35. The molecule has 1 amide bonds. The second kappa shape index (κ2) is 9.42. The molecule has 1 aliphatic rings. The van der Waals surface area contributed by atoms with Gasteiger partial charge in [0.05, 0.1) is 29.6 Å². The van der Waals surface area contributed by atoms with Crippen LogP contribution in [0, 0.1) is 0 Å². The minimum absolute atomic E-state index is 0.0613. The van der Waals surface area contributed by atoms with Gasteiger partial charge in [-0.15, -0.1) is 11.3 Å². The van der Waals surface area contributed by atoms with Crippen LogP contribution in [0.3, 0.4) is 0 Å². The quantitative estimate of drug-likeness (QED) is 0.289. The molecule has 1 atom stereocenters. The summed E-state index contributed by atoms with van der Waals surface area (Å²) in [5.41, 5.74) is 1.09. The number of thiophene rings is 1. The van der Waals surface area contributed by atoms with Crippen molar-refractivity contribution in [1.82, 2.24) is 19.3 Å². The summed E-state index contributed by atoms with van der Waals surface area (Å²) in [4.78, 5) is 33.6. The monoisotopic (exact) mass is 497 g/mol. The molecule has 10 heteroatoms. The molecule has 4 heterocycles. The molecule has 0 radical (unpaired) electrons. The van der Waals surface area contributed by atoms with Crippen molar-refractivity contribution in [2.75, 3.05) is 5.32 Å². The average Bonchev–Trinajstić information content (AvgIpc) is 3.55. The molecule has 5 rings (SSSR count). The van der Waals surface area contributed by atoms with Crippen LogP contribution in [0.25, 0.3) is 10.2 Å². The fraction of sp³-hybridized carbons (Fsp3) is 0.417. The van der Waals surface area contributed by atoms with Gasteiger partial charge in [-0.1, -0.05) is 11.8 Å². The zero-order valence-electron chi connectivity index (χ0n) is 19.4. The Morgan fingerprint density at radius 3 is 2.85 bits per heavy atom. The summed E-state index contributed by atoms with van der Waals surface area (Å²) in [5, 5.41) is 8.01. The molecule has 1 unspecified atom stereocenters. The van der Waals surface area contributed by atoms with Crippen molar-refractivity contribution >= 4 is 45.0 Å². The normalized spacial score (nSPS) is 14.5. The molecule has 4 aromatic rings. The van der Waals surface area contributed by atoms with E-state index in [0.29, 0.717) is 16.7 Å². The largest absolute Gasteiger partial charge is 0.467 e. The number of thioether (sulfide) groups is 1. The predicted octanol–water partition coefficient (Wildman–Crippen LogP) is 4.87. The van der Waals surface area contributed by atoms with Crippen LogP contribution in [0.2, 0.25) is 0 Å². The van der Waals surface area contributed by atoms with E-state index in [2.05, 4.69) is 10.4 Å². The third-order valence-corrected chi connectivity index (χ3v) is 8.27. The summed E-state index contributed by atoms with van der Waals surface area (Å²) in [7, 11) is 0. The molecular formula is C24H27N5O3S2. The number of amides is 1. The van der Waals surface area contributed by atoms with Gasteiger partial charge < -0.3 is 9.73 Å². The first-order valence-corrected chi connectivity index (χ1v) is 13.2. The van der Waals surface area contributed by atoms with Crippen LogP contribution in [0.1, 0.15) is 55.9 Å². The summed E-state index contributed by atoms with van der Waals surface area (Å²) in [5.74, 6) is 1.15. The van der Waals surface area contributed by atoms with Gasteiger partial charge in [0.15, 0.2) is 5.16 Å². The number of carbonyl (C=O) groups is 1. The van der Waals surface area contributed by atoms with Crippen LogP contribution >= 0.6 is 23.1 Å². The van der Waals surface area contributed by atoms with Crippen molar-refractivity contribution in [2.45, 2.75) is 69.4 Å². The summed E-state index contributed by atoms with van der Waals surface area (Å²) >= 11 is 2.90. The van der Waals surface area contributed by atoms with Gasteiger partial charge in [0.2, 0.25) is 5.91 Å². The second-order valence-electron chi connectivity index (χ2n) is 8.76. The van der Waals surface area contributed by atoms with Gasteiger partial charge in [-0.25, -0.2) is 9.67 Å². The van der Waals surface area contributed by atoms with Crippen molar-refractivity contribution in [3.8, 4) is 0 Å². The maximum atomic E-state index is 13.7. The lowest BCUT2D eigenvalue weighted by Crippen LogP contribution is -2.28. The summed E-state index contributed by atoms with van der Waals surface area (Å²) in [6.07, 6.45) is 7.42. The van der Waals surface area contributed by atoms with Gasteiger partial charge >= 0.3 is 0 Å². The number of carbonyl (C=O) groups excluding carboxylic acids is 1. The van der Waals surface area contributed by atoms with Crippen molar-refractivity contribution in [1.29, 1.82) is 0 Å². The minimum Gasteiger partial charge on any atom is -0.467 e. The zero-order chi connectivity index (χ0) is 23.8. The molecule has 178 valence electrons. The average molecular weight is 498 g/mol. The van der Waals surface area contributed by atoms with E-state index in [4.69, 9.17) is 9.40 Å². The van der Waals surface area contributed by atoms with Gasteiger partial charge in [-0.2, -0.15) is 5.10 Å². The fourth-order valence-corrected chi connectivity index (χ4v) is 6.48. The molecule has 0 saturated carbocycles. The van der Waals surface area contributed by atoms with Crippen LogP contribution in [0.4, 0.5) is 5.82 Å². The molecule has 4 aromatic heterocycles.